The van der Waals surface area contributed by atoms with Crippen LogP contribution in [0.2, 0.25) is 0 Å². The van der Waals surface area contributed by atoms with Gasteiger partial charge < -0.3 is 11.5 Å². The van der Waals surface area contributed by atoms with E-state index in [9.17, 15) is 4.79 Å². The lowest BCUT2D eigenvalue weighted by Gasteiger charge is -2.16. The molecule has 1 aliphatic carbocycles. The highest BCUT2D eigenvalue weighted by atomic mass is 16.1. The van der Waals surface area contributed by atoms with E-state index >= 15 is 0 Å². The number of nitrogen functional groups attached to an aromatic ring is 1. The first-order valence-electron chi connectivity index (χ1n) is 5.33. The van der Waals surface area contributed by atoms with Gasteiger partial charge in [0.25, 0.3) is 0 Å². The molecule has 0 aliphatic heterocycles. The van der Waals surface area contributed by atoms with E-state index in [1.54, 1.807) is 0 Å². The minimum atomic E-state index is -0.172. The van der Waals surface area contributed by atoms with Gasteiger partial charge in [-0.2, -0.15) is 0 Å². The SMILES string of the molecule is NC(=O)C1CCCC1c1ccc(N)cc1. The Kier molecular flexibility index (Phi) is 2.62. The van der Waals surface area contributed by atoms with Crippen LogP contribution in [0.15, 0.2) is 24.3 Å². The van der Waals surface area contributed by atoms with Crippen molar-refractivity contribution in [3.05, 3.63) is 29.8 Å². The first-order valence-corrected chi connectivity index (χ1v) is 5.33. The Labute approximate surface area is 89.5 Å². The molecule has 80 valence electrons. The number of amides is 1. The van der Waals surface area contributed by atoms with E-state index in [4.69, 9.17) is 11.5 Å². The van der Waals surface area contributed by atoms with E-state index in [0.29, 0.717) is 5.92 Å². The largest absolute Gasteiger partial charge is 0.399 e. The third kappa shape index (κ3) is 1.96. The van der Waals surface area contributed by atoms with Crippen LogP contribution in [0.5, 0.6) is 0 Å². The van der Waals surface area contributed by atoms with Crippen molar-refractivity contribution in [1.82, 2.24) is 0 Å². The summed E-state index contributed by atoms with van der Waals surface area (Å²) in [4.78, 5) is 11.2. The Morgan fingerprint density at radius 1 is 1.20 bits per heavy atom. The molecule has 1 aromatic rings. The highest BCUT2D eigenvalue weighted by Gasteiger charge is 2.32. The summed E-state index contributed by atoms with van der Waals surface area (Å²) in [7, 11) is 0. The van der Waals surface area contributed by atoms with Crippen molar-refractivity contribution in [1.29, 1.82) is 0 Å². The van der Waals surface area contributed by atoms with E-state index in [1.165, 1.54) is 5.56 Å². The smallest absolute Gasteiger partial charge is 0.221 e. The van der Waals surface area contributed by atoms with Gasteiger partial charge in [0.2, 0.25) is 5.91 Å². The van der Waals surface area contributed by atoms with Crippen LogP contribution in [0.25, 0.3) is 0 Å². The molecule has 2 atom stereocenters. The molecule has 15 heavy (non-hydrogen) atoms. The lowest BCUT2D eigenvalue weighted by molar-refractivity contribution is -0.122. The third-order valence-electron chi connectivity index (χ3n) is 3.25. The van der Waals surface area contributed by atoms with Crippen molar-refractivity contribution in [2.75, 3.05) is 5.73 Å². The number of rotatable bonds is 2. The van der Waals surface area contributed by atoms with E-state index in [2.05, 4.69) is 0 Å². The van der Waals surface area contributed by atoms with Crippen molar-refractivity contribution in [2.45, 2.75) is 25.2 Å². The summed E-state index contributed by atoms with van der Waals surface area (Å²) in [6.07, 6.45) is 3.06. The first-order chi connectivity index (χ1) is 7.18. The van der Waals surface area contributed by atoms with Gasteiger partial charge in [0, 0.05) is 11.6 Å². The van der Waals surface area contributed by atoms with Gasteiger partial charge in [-0.25, -0.2) is 0 Å². The second kappa shape index (κ2) is 3.93. The summed E-state index contributed by atoms with van der Waals surface area (Å²) in [5.41, 5.74) is 13.0. The van der Waals surface area contributed by atoms with Crippen LogP contribution >= 0.6 is 0 Å². The number of carbonyl (C=O) groups excluding carboxylic acids is 1. The Morgan fingerprint density at radius 3 is 2.47 bits per heavy atom. The summed E-state index contributed by atoms with van der Waals surface area (Å²) >= 11 is 0. The Balaban J connectivity index is 2.22. The molecule has 1 amide bonds. The van der Waals surface area contributed by atoms with Gasteiger partial charge in [0.05, 0.1) is 0 Å². The van der Waals surface area contributed by atoms with Gasteiger partial charge in [-0.05, 0) is 36.5 Å². The predicted octanol–water partition coefficient (Wildman–Crippen LogP) is 1.64. The molecule has 3 heteroatoms. The lowest BCUT2D eigenvalue weighted by atomic mass is 9.88. The topological polar surface area (TPSA) is 69.1 Å². The minimum absolute atomic E-state index is 0.00799. The first kappa shape index (κ1) is 10.0. The molecule has 1 aromatic carbocycles. The molecule has 0 heterocycles. The third-order valence-corrected chi connectivity index (χ3v) is 3.25. The predicted molar refractivity (Wildman–Crippen MR) is 60.1 cm³/mol. The lowest BCUT2D eigenvalue weighted by Crippen LogP contribution is -2.25. The van der Waals surface area contributed by atoms with Crippen LogP contribution in [-0.2, 0) is 4.79 Å². The summed E-state index contributed by atoms with van der Waals surface area (Å²) < 4.78 is 0. The highest BCUT2D eigenvalue weighted by molar-refractivity contribution is 5.78. The zero-order valence-corrected chi connectivity index (χ0v) is 8.65. The van der Waals surface area contributed by atoms with Crippen molar-refractivity contribution in [2.24, 2.45) is 11.7 Å². The maximum atomic E-state index is 11.2. The van der Waals surface area contributed by atoms with Crippen LogP contribution in [0, 0.1) is 5.92 Å². The van der Waals surface area contributed by atoms with Gasteiger partial charge in [-0.15, -0.1) is 0 Å². The van der Waals surface area contributed by atoms with Crippen molar-refractivity contribution < 1.29 is 4.79 Å². The monoisotopic (exact) mass is 204 g/mol. The number of hydrogen-bond acceptors (Lipinski definition) is 2. The second-order valence-corrected chi connectivity index (χ2v) is 4.21. The zero-order valence-electron chi connectivity index (χ0n) is 8.65. The Hall–Kier alpha value is -1.51. The number of benzene rings is 1. The highest BCUT2D eigenvalue weighted by Crippen LogP contribution is 2.39. The van der Waals surface area contributed by atoms with Gasteiger partial charge in [0.15, 0.2) is 0 Å². The molecule has 0 bridgehead atoms. The van der Waals surface area contributed by atoms with Gasteiger partial charge in [-0.1, -0.05) is 18.6 Å². The Bertz CT molecular complexity index is 358. The molecular weight excluding hydrogens is 188 g/mol. The fourth-order valence-corrected chi connectivity index (χ4v) is 2.44. The number of primary amides is 1. The average molecular weight is 204 g/mol. The molecule has 0 radical (unpaired) electrons. The van der Waals surface area contributed by atoms with Crippen molar-refractivity contribution in [3.8, 4) is 0 Å². The maximum Gasteiger partial charge on any atom is 0.221 e. The summed E-state index contributed by atoms with van der Waals surface area (Å²) in [5, 5.41) is 0. The van der Waals surface area contributed by atoms with Crippen LogP contribution in [0.1, 0.15) is 30.7 Å². The van der Waals surface area contributed by atoms with Gasteiger partial charge >= 0.3 is 0 Å². The Morgan fingerprint density at radius 2 is 1.87 bits per heavy atom. The molecule has 1 saturated carbocycles. The van der Waals surface area contributed by atoms with E-state index in [-0.39, 0.29) is 11.8 Å². The van der Waals surface area contributed by atoms with Gasteiger partial charge in [0.1, 0.15) is 0 Å². The maximum absolute atomic E-state index is 11.2. The van der Waals surface area contributed by atoms with E-state index in [1.807, 2.05) is 24.3 Å². The normalized spacial score (nSPS) is 25.3. The van der Waals surface area contributed by atoms with Crippen molar-refractivity contribution in [3.63, 3.8) is 0 Å². The molecule has 1 aliphatic rings. The van der Waals surface area contributed by atoms with E-state index < -0.39 is 0 Å². The standard InChI is InChI=1S/C12H16N2O/c13-9-6-4-8(5-7-9)10-2-1-3-11(10)12(14)15/h4-7,10-11H,1-3,13H2,(H2,14,15). The number of nitrogens with two attached hydrogens (primary N) is 2. The molecule has 0 aromatic heterocycles. The van der Waals surface area contributed by atoms with Crippen LogP contribution in [0.4, 0.5) is 5.69 Å². The molecule has 1 fully saturated rings. The summed E-state index contributed by atoms with van der Waals surface area (Å²) in [5.74, 6) is 0.131. The molecule has 0 spiro atoms. The number of hydrogen-bond donors (Lipinski definition) is 2. The molecular formula is C12H16N2O. The number of anilines is 1. The fourth-order valence-electron chi connectivity index (χ4n) is 2.44. The molecule has 2 rings (SSSR count). The quantitative estimate of drug-likeness (QED) is 0.719. The molecule has 0 saturated heterocycles. The van der Waals surface area contributed by atoms with Gasteiger partial charge in [-0.3, -0.25) is 4.79 Å². The fraction of sp³-hybridized carbons (Fsp3) is 0.417. The zero-order chi connectivity index (χ0) is 10.8. The summed E-state index contributed by atoms with van der Waals surface area (Å²) in [6, 6.07) is 7.76. The van der Waals surface area contributed by atoms with Crippen LogP contribution < -0.4 is 11.5 Å². The van der Waals surface area contributed by atoms with Crippen LogP contribution in [0.3, 0.4) is 0 Å². The number of carbonyl (C=O) groups is 1. The second-order valence-electron chi connectivity index (χ2n) is 4.21. The van der Waals surface area contributed by atoms with Crippen LogP contribution in [-0.4, -0.2) is 5.91 Å². The summed E-state index contributed by atoms with van der Waals surface area (Å²) in [6.45, 7) is 0. The average Bonchev–Trinajstić information content (AvgIpc) is 2.67. The molecule has 4 N–H and O–H groups in total. The van der Waals surface area contributed by atoms with E-state index in [0.717, 1.165) is 24.9 Å². The molecule has 2 unspecified atom stereocenters. The minimum Gasteiger partial charge on any atom is -0.399 e. The van der Waals surface area contributed by atoms with Crippen molar-refractivity contribution >= 4 is 11.6 Å². The molecule has 3 nitrogen and oxygen atoms in total.